The van der Waals surface area contributed by atoms with E-state index in [2.05, 4.69) is 25.6 Å². The summed E-state index contributed by atoms with van der Waals surface area (Å²) in [6, 6.07) is 6.01. The lowest BCUT2D eigenvalue weighted by Gasteiger charge is -2.11. The summed E-state index contributed by atoms with van der Waals surface area (Å²) in [6.45, 7) is 1.69. The molecule has 0 bridgehead atoms. The Morgan fingerprint density at radius 2 is 2.10 bits per heavy atom. The minimum atomic E-state index is -3.76. The zero-order chi connectivity index (χ0) is 14.9. The van der Waals surface area contributed by atoms with Crippen LogP contribution in [-0.4, -0.2) is 13.4 Å². The molecule has 0 aliphatic carbocycles. The van der Waals surface area contributed by atoms with Crippen LogP contribution in [0.5, 0.6) is 0 Å². The van der Waals surface area contributed by atoms with Gasteiger partial charge in [0.05, 0.1) is 21.3 Å². The van der Waals surface area contributed by atoms with Crippen LogP contribution in [0, 0.1) is 6.92 Å². The standard InChI is InChI=1S/C12H11BrClN3O2S/c1-7-5-8(6-9(15)11(7)14)20(18,19)17-10-3-2-4-16-12(10)13/h2-6,17H,15H2,1H3. The summed E-state index contributed by atoms with van der Waals surface area (Å²) >= 11 is 9.11. The zero-order valence-corrected chi connectivity index (χ0v) is 13.6. The van der Waals surface area contributed by atoms with E-state index >= 15 is 0 Å². The van der Waals surface area contributed by atoms with E-state index in [0.29, 0.717) is 20.9 Å². The highest BCUT2D eigenvalue weighted by Crippen LogP contribution is 2.28. The van der Waals surface area contributed by atoms with E-state index in [4.69, 9.17) is 17.3 Å². The fourth-order valence-corrected chi connectivity index (χ4v) is 3.36. The first-order chi connectivity index (χ1) is 9.31. The van der Waals surface area contributed by atoms with Gasteiger partial charge in [-0.1, -0.05) is 11.6 Å². The average molecular weight is 377 g/mol. The third-order valence-electron chi connectivity index (χ3n) is 2.57. The molecule has 1 aromatic heterocycles. The number of halogens is 2. The van der Waals surface area contributed by atoms with Gasteiger partial charge in [-0.2, -0.15) is 0 Å². The first-order valence-electron chi connectivity index (χ1n) is 5.50. The molecule has 106 valence electrons. The predicted octanol–water partition coefficient (Wildman–Crippen LogP) is 3.19. The van der Waals surface area contributed by atoms with Crippen molar-refractivity contribution in [3.8, 4) is 0 Å². The summed E-state index contributed by atoms with van der Waals surface area (Å²) in [5.74, 6) is 0. The second kappa shape index (κ2) is 5.59. The number of anilines is 2. The maximum atomic E-state index is 12.3. The van der Waals surface area contributed by atoms with Crippen molar-refractivity contribution in [2.45, 2.75) is 11.8 Å². The lowest BCUT2D eigenvalue weighted by atomic mass is 10.2. The number of hydrogen-bond donors (Lipinski definition) is 2. The van der Waals surface area contributed by atoms with Gasteiger partial charge >= 0.3 is 0 Å². The Labute approximate surface area is 130 Å². The molecule has 2 aromatic rings. The Bertz CT molecular complexity index is 742. The molecule has 0 saturated heterocycles. The first kappa shape index (κ1) is 15.1. The first-order valence-corrected chi connectivity index (χ1v) is 8.15. The minimum absolute atomic E-state index is 0.0488. The number of aromatic nitrogens is 1. The van der Waals surface area contributed by atoms with E-state index in [1.54, 1.807) is 25.3 Å². The number of hydrogen-bond acceptors (Lipinski definition) is 4. The van der Waals surface area contributed by atoms with Gasteiger partial charge in [-0.15, -0.1) is 0 Å². The molecule has 2 rings (SSSR count). The summed E-state index contributed by atoms with van der Waals surface area (Å²) in [7, 11) is -3.76. The van der Waals surface area contributed by atoms with Crippen molar-refractivity contribution >= 4 is 48.9 Å². The van der Waals surface area contributed by atoms with Gasteiger partial charge in [0, 0.05) is 6.20 Å². The largest absolute Gasteiger partial charge is 0.397 e. The quantitative estimate of drug-likeness (QED) is 0.636. The van der Waals surface area contributed by atoms with Crippen molar-refractivity contribution in [3.63, 3.8) is 0 Å². The molecule has 0 aliphatic heterocycles. The van der Waals surface area contributed by atoms with Crippen molar-refractivity contribution in [1.82, 2.24) is 4.98 Å². The van der Waals surface area contributed by atoms with Gasteiger partial charge in [0.15, 0.2) is 0 Å². The molecule has 0 atom stereocenters. The van der Waals surface area contributed by atoms with E-state index in [1.165, 1.54) is 12.1 Å². The maximum absolute atomic E-state index is 12.3. The summed E-state index contributed by atoms with van der Waals surface area (Å²) in [4.78, 5) is 4.00. The fraction of sp³-hybridized carbons (Fsp3) is 0.0833. The molecule has 1 aromatic carbocycles. The van der Waals surface area contributed by atoms with E-state index in [9.17, 15) is 8.42 Å². The van der Waals surface area contributed by atoms with Gasteiger partial charge < -0.3 is 5.73 Å². The third-order valence-corrected chi connectivity index (χ3v) is 5.06. The maximum Gasteiger partial charge on any atom is 0.262 e. The predicted molar refractivity (Wildman–Crippen MR) is 83.3 cm³/mol. The van der Waals surface area contributed by atoms with Gasteiger partial charge in [-0.3, -0.25) is 4.72 Å². The molecule has 8 heteroatoms. The molecule has 1 heterocycles. The van der Waals surface area contributed by atoms with Crippen molar-refractivity contribution in [3.05, 3.63) is 45.7 Å². The Hall–Kier alpha value is -1.31. The normalized spacial score (nSPS) is 11.3. The molecule has 0 aliphatic rings. The summed E-state index contributed by atoms with van der Waals surface area (Å²) in [6.07, 6.45) is 1.55. The molecule has 0 amide bonds. The fourth-order valence-electron chi connectivity index (χ4n) is 1.58. The van der Waals surface area contributed by atoms with E-state index < -0.39 is 10.0 Å². The zero-order valence-electron chi connectivity index (χ0n) is 10.4. The van der Waals surface area contributed by atoms with Crippen LogP contribution < -0.4 is 10.5 Å². The summed E-state index contributed by atoms with van der Waals surface area (Å²) in [5.41, 5.74) is 6.86. The number of sulfonamides is 1. The molecule has 5 nitrogen and oxygen atoms in total. The second-order valence-electron chi connectivity index (χ2n) is 4.09. The van der Waals surface area contributed by atoms with E-state index in [-0.39, 0.29) is 10.6 Å². The van der Waals surface area contributed by atoms with Gasteiger partial charge in [-0.05, 0) is 52.7 Å². The molecule has 0 fully saturated rings. The molecule has 20 heavy (non-hydrogen) atoms. The number of nitrogens with zero attached hydrogens (tertiary/aromatic N) is 1. The number of nitrogens with two attached hydrogens (primary N) is 1. The highest BCUT2D eigenvalue weighted by molar-refractivity contribution is 9.10. The smallest absolute Gasteiger partial charge is 0.262 e. The molecule has 0 spiro atoms. The van der Waals surface area contributed by atoms with Crippen LogP contribution in [0.2, 0.25) is 5.02 Å². The summed E-state index contributed by atoms with van der Waals surface area (Å²) in [5, 5.41) is 0.353. The van der Waals surface area contributed by atoms with Gasteiger partial charge in [0.1, 0.15) is 4.60 Å². The molecule has 0 saturated carbocycles. The van der Waals surface area contributed by atoms with Crippen molar-refractivity contribution in [1.29, 1.82) is 0 Å². The van der Waals surface area contributed by atoms with Gasteiger partial charge in [0.2, 0.25) is 0 Å². The molecular formula is C12H11BrClN3O2S. The molecule has 0 radical (unpaired) electrons. The highest BCUT2D eigenvalue weighted by Gasteiger charge is 2.18. The number of aryl methyl sites for hydroxylation is 1. The topological polar surface area (TPSA) is 85.1 Å². The van der Waals surface area contributed by atoms with E-state index in [0.717, 1.165) is 0 Å². The van der Waals surface area contributed by atoms with Crippen LogP contribution in [0.3, 0.4) is 0 Å². The van der Waals surface area contributed by atoms with Crippen LogP contribution in [0.4, 0.5) is 11.4 Å². The molecule has 0 unspecified atom stereocenters. The number of nitrogen functional groups attached to an aromatic ring is 1. The Morgan fingerprint density at radius 3 is 2.70 bits per heavy atom. The number of benzene rings is 1. The SMILES string of the molecule is Cc1cc(S(=O)(=O)Nc2cccnc2Br)cc(N)c1Cl. The van der Waals surface area contributed by atoms with Gasteiger partial charge in [-0.25, -0.2) is 13.4 Å². The van der Waals surface area contributed by atoms with Crippen LogP contribution in [0.15, 0.2) is 40.0 Å². The van der Waals surface area contributed by atoms with Crippen LogP contribution in [0.1, 0.15) is 5.56 Å². The second-order valence-corrected chi connectivity index (χ2v) is 6.90. The van der Waals surface area contributed by atoms with Crippen LogP contribution in [-0.2, 0) is 10.0 Å². The molecule has 3 N–H and O–H groups in total. The number of rotatable bonds is 3. The Kier molecular flexibility index (Phi) is 4.22. The third kappa shape index (κ3) is 3.05. The highest BCUT2D eigenvalue weighted by atomic mass is 79.9. The van der Waals surface area contributed by atoms with Crippen molar-refractivity contribution < 1.29 is 8.42 Å². The Morgan fingerprint density at radius 1 is 1.40 bits per heavy atom. The van der Waals surface area contributed by atoms with Crippen LogP contribution in [0.25, 0.3) is 0 Å². The lowest BCUT2D eigenvalue weighted by Crippen LogP contribution is -2.14. The van der Waals surface area contributed by atoms with Gasteiger partial charge in [0.25, 0.3) is 10.0 Å². The summed E-state index contributed by atoms with van der Waals surface area (Å²) < 4.78 is 27.5. The minimum Gasteiger partial charge on any atom is -0.397 e. The Balaban J connectivity index is 2.44. The number of nitrogens with one attached hydrogen (secondary N) is 1. The van der Waals surface area contributed by atoms with Crippen molar-refractivity contribution in [2.24, 2.45) is 0 Å². The van der Waals surface area contributed by atoms with Crippen molar-refractivity contribution in [2.75, 3.05) is 10.5 Å². The molecular weight excluding hydrogens is 366 g/mol. The average Bonchev–Trinajstić information content (AvgIpc) is 2.38. The lowest BCUT2D eigenvalue weighted by molar-refractivity contribution is 0.601. The monoisotopic (exact) mass is 375 g/mol. The number of pyridine rings is 1. The van der Waals surface area contributed by atoms with E-state index in [1.807, 2.05) is 0 Å². The van der Waals surface area contributed by atoms with Crippen LogP contribution >= 0.6 is 27.5 Å².